The number of piperidine rings is 1. The summed E-state index contributed by atoms with van der Waals surface area (Å²) in [4.78, 5) is 4.46. The summed E-state index contributed by atoms with van der Waals surface area (Å²) in [7, 11) is -1.41. The Morgan fingerprint density at radius 2 is 2.25 bits per heavy atom. The molecular formula is C10H14BIN2O2. The van der Waals surface area contributed by atoms with Gasteiger partial charge in [-0.2, -0.15) is 0 Å². The minimum Gasteiger partial charge on any atom is -0.423 e. The Kier molecular flexibility index (Phi) is 4.18. The molecule has 2 heterocycles. The molecule has 1 atom stereocenters. The lowest BCUT2D eigenvalue weighted by molar-refractivity contribution is 0.425. The van der Waals surface area contributed by atoms with E-state index in [0.29, 0.717) is 11.4 Å². The van der Waals surface area contributed by atoms with Crippen molar-refractivity contribution in [1.82, 2.24) is 10.3 Å². The summed E-state index contributed by atoms with van der Waals surface area (Å²) in [5, 5.41) is 21.7. The van der Waals surface area contributed by atoms with E-state index < -0.39 is 7.12 Å². The van der Waals surface area contributed by atoms with Crippen LogP contribution in [0.2, 0.25) is 0 Å². The van der Waals surface area contributed by atoms with E-state index in [0.717, 1.165) is 35.3 Å². The molecule has 0 aliphatic carbocycles. The topological polar surface area (TPSA) is 65.4 Å². The minimum absolute atomic E-state index is 0.390. The van der Waals surface area contributed by atoms with Crippen molar-refractivity contribution in [3.63, 3.8) is 0 Å². The van der Waals surface area contributed by atoms with Gasteiger partial charge in [0.15, 0.2) is 0 Å². The molecule has 0 amide bonds. The van der Waals surface area contributed by atoms with Crippen LogP contribution in [-0.4, -0.2) is 35.2 Å². The van der Waals surface area contributed by atoms with Gasteiger partial charge in [-0.3, -0.25) is 0 Å². The summed E-state index contributed by atoms with van der Waals surface area (Å²) < 4.78 is 0.809. The molecule has 0 spiro atoms. The van der Waals surface area contributed by atoms with Crippen LogP contribution in [0.1, 0.15) is 24.5 Å². The summed E-state index contributed by atoms with van der Waals surface area (Å²) >= 11 is 2.11. The normalized spacial score (nSPS) is 20.8. The van der Waals surface area contributed by atoms with E-state index in [-0.39, 0.29) is 0 Å². The van der Waals surface area contributed by atoms with E-state index in [2.05, 4.69) is 32.9 Å². The molecule has 86 valence electrons. The monoisotopic (exact) mass is 332 g/mol. The van der Waals surface area contributed by atoms with Gasteiger partial charge in [0.2, 0.25) is 0 Å². The number of nitrogens with zero attached hydrogens (tertiary/aromatic N) is 1. The zero-order valence-electron chi connectivity index (χ0n) is 8.86. The summed E-state index contributed by atoms with van der Waals surface area (Å²) in [6.07, 6.45) is 2.26. The molecule has 0 aromatic carbocycles. The maximum Gasteiger partial charge on any atom is 0.488 e. The minimum atomic E-state index is -1.41. The molecule has 1 unspecified atom stereocenters. The van der Waals surface area contributed by atoms with Crippen molar-refractivity contribution in [3.8, 4) is 0 Å². The zero-order chi connectivity index (χ0) is 11.5. The van der Waals surface area contributed by atoms with E-state index in [1.807, 2.05) is 0 Å². The molecule has 6 heteroatoms. The largest absolute Gasteiger partial charge is 0.488 e. The van der Waals surface area contributed by atoms with Crippen molar-refractivity contribution in [2.24, 2.45) is 0 Å². The van der Waals surface area contributed by atoms with Gasteiger partial charge in [-0.25, -0.2) is 4.98 Å². The lowest BCUT2D eigenvalue weighted by atomic mass is 9.79. The van der Waals surface area contributed by atoms with E-state index in [9.17, 15) is 10.0 Å². The third-order valence-corrected chi connectivity index (χ3v) is 3.40. The fourth-order valence-electron chi connectivity index (χ4n) is 2.00. The lowest BCUT2D eigenvalue weighted by Crippen LogP contribution is -2.33. The molecule has 1 aromatic rings. The number of hydrogen-bond donors (Lipinski definition) is 3. The first-order chi connectivity index (χ1) is 7.66. The van der Waals surface area contributed by atoms with Gasteiger partial charge in [-0.1, -0.05) is 0 Å². The van der Waals surface area contributed by atoms with Crippen LogP contribution in [0, 0.1) is 3.70 Å². The van der Waals surface area contributed by atoms with Gasteiger partial charge in [-0.05, 0) is 59.6 Å². The SMILES string of the molecule is OB(O)c1cc(I)nc(C2CCCNC2)c1. The number of aromatic nitrogens is 1. The number of pyridine rings is 1. The number of halogens is 1. The predicted molar refractivity (Wildman–Crippen MR) is 71.6 cm³/mol. The van der Waals surface area contributed by atoms with Crippen LogP contribution in [0.15, 0.2) is 12.1 Å². The van der Waals surface area contributed by atoms with Crippen molar-refractivity contribution in [1.29, 1.82) is 0 Å². The highest BCUT2D eigenvalue weighted by Gasteiger charge is 2.20. The second kappa shape index (κ2) is 5.44. The van der Waals surface area contributed by atoms with Gasteiger partial charge in [0.05, 0.1) is 0 Å². The first-order valence-corrected chi connectivity index (χ1v) is 6.49. The molecule has 0 bridgehead atoms. The Bertz CT molecular complexity index is 370. The standard InChI is InChI=1S/C10H14BIN2O2/c12-10-5-8(11(15)16)4-9(14-10)7-2-1-3-13-6-7/h4-5,7,13,15-16H,1-3,6H2. The molecule has 4 nitrogen and oxygen atoms in total. The fraction of sp³-hybridized carbons (Fsp3) is 0.500. The molecule has 1 aliphatic heterocycles. The van der Waals surface area contributed by atoms with Crippen molar-refractivity contribution in [3.05, 3.63) is 21.5 Å². The van der Waals surface area contributed by atoms with Crippen LogP contribution in [0.4, 0.5) is 0 Å². The Balaban J connectivity index is 2.25. The van der Waals surface area contributed by atoms with Crippen molar-refractivity contribution in [2.45, 2.75) is 18.8 Å². The molecule has 2 rings (SSSR count). The highest BCUT2D eigenvalue weighted by molar-refractivity contribution is 14.1. The first-order valence-electron chi connectivity index (χ1n) is 5.41. The number of rotatable bonds is 2. The summed E-state index contributed by atoms with van der Waals surface area (Å²) in [5.41, 5.74) is 1.49. The van der Waals surface area contributed by atoms with E-state index in [1.54, 1.807) is 12.1 Å². The molecule has 0 saturated carbocycles. The molecule has 16 heavy (non-hydrogen) atoms. The van der Waals surface area contributed by atoms with Gasteiger partial charge in [0.25, 0.3) is 0 Å². The Morgan fingerprint density at radius 3 is 2.88 bits per heavy atom. The van der Waals surface area contributed by atoms with Crippen LogP contribution in [0.3, 0.4) is 0 Å². The average Bonchev–Trinajstić information content (AvgIpc) is 2.29. The van der Waals surface area contributed by atoms with Gasteiger partial charge in [0.1, 0.15) is 3.70 Å². The van der Waals surface area contributed by atoms with Crippen molar-refractivity contribution in [2.75, 3.05) is 13.1 Å². The second-order valence-corrected chi connectivity index (χ2v) is 5.17. The summed E-state index contributed by atoms with van der Waals surface area (Å²) in [6, 6.07) is 3.50. The molecule has 1 saturated heterocycles. The average molecular weight is 332 g/mol. The molecule has 1 aromatic heterocycles. The maximum absolute atomic E-state index is 9.18. The van der Waals surface area contributed by atoms with Crippen molar-refractivity contribution < 1.29 is 10.0 Å². The number of nitrogens with one attached hydrogen (secondary N) is 1. The molecule has 3 N–H and O–H groups in total. The first kappa shape index (κ1) is 12.3. The quantitative estimate of drug-likeness (QED) is 0.400. The maximum atomic E-state index is 9.18. The molecular weight excluding hydrogens is 318 g/mol. The van der Waals surface area contributed by atoms with Crippen LogP contribution in [0.25, 0.3) is 0 Å². The molecule has 1 aliphatic rings. The summed E-state index contributed by atoms with van der Waals surface area (Å²) in [5.74, 6) is 0.390. The molecule has 1 fully saturated rings. The lowest BCUT2D eigenvalue weighted by Gasteiger charge is -2.22. The van der Waals surface area contributed by atoms with Crippen molar-refractivity contribution >= 4 is 35.2 Å². The Hall–Kier alpha value is -0.175. The highest BCUT2D eigenvalue weighted by atomic mass is 127. The smallest absolute Gasteiger partial charge is 0.423 e. The van der Waals surface area contributed by atoms with Crippen LogP contribution in [-0.2, 0) is 0 Å². The van der Waals surface area contributed by atoms with Gasteiger partial charge < -0.3 is 15.4 Å². The number of hydrogen-bond acceptors (Lipinski definition) is 4. The highest BCUT2D eigenvalue weighted by Crippen LogP contribution is 2.21. The third kappa shape index (κ3) is 2.94. The third-order valence-electron chi connectivity index (χ3n) is 2.85. The van der Waals surface area contributed by atoms with E-state index in [1.165, 1.54) is 0 Å². The fourth-order valence-corrected chi connectivity index (χ4v) is 2.64. The Morgan fingerprint density at radius 1 is 1.44 bits per heavy atom. The predicted octanol–water partition coefficient (Wildman–Crippen LogP) is -0.167. The Labute approximate surface area is 109 Å². The van der Waals surface area contributed by atoms with Crippen LogP contribution < -0.4 is 10.8 Å². The molecule has 0 radical (unpaired) electrons. The van der Waals surface area contributed by atoms with Crippen LogP contribution >= 0.6 is 22.6 Å². The van der Waals surface area contributed by atoms with Gasteiger partial charge in [-0.15, -0.1) is 0 Å². The second-order valence-electron chi connectivity index (χ2n) is 4.07. The van der Waals surface area contributed by atoms with E-state index in [4.69, 9.17) is 0 Å². The van der Waals surface area contributed by atoms with Gasteiger partial charge in [0, 0.05) is 18.2 Å². The van der Waals surface area contributed by atoms with Crippen LogP contribution in [0.5, 0.6) is 0 Å². The zero-order valence-corrected chi connectivity index (χ0v) is 11.0. The van der Waals surface area contributed by atoms with Gasteiger partial charge >= 0.3 is 7.12 Å². The summed E-state index contributed by atoms with van der Waals surface area (Å²) in [6.45, 7) is 1.99. The van der Waals surface area contributed by atoms with E-state index >= 15 is 0 Å².